The first-order valence-electron chi connectivity index (χ1n) is 5.32. The van der Waals surface area contributed by atoms with Crippen LogP contribution in [0.3, 0.4) is 0 Å². The molecule has 1 aromatic heterocycles. The number of nitrogens with two attached hydrogens (primary N) is 1. The number of rotatable bonds is 7. The summed E-state index contributed by atoms with van der Waals surface area (Å²) in [4.78, 5) is 4.59. The van der Waals surface area contributed by atoms with E-state index in [1.54, 1.807) is 6.07 Å². The molecule has 4 nitrogen and oxygen atoms in total. The van der Waals surface area contributed by atoms with E-state index in [2.05, 4.69) is 10.3 Å². The molecule has 0 saturated heterocycles. The topological polar surface area (TPSA) is 60.2 Å². The zero-order valence-corrected chi connectivity index (χ0v) is 10.2. The second kappa shape index (κ2) is 7.14. The van der Waals surface area contributed by atoms with Crippen molar-refractivity contribution in [3.63, 3.8) is 0 Å². The molecule has 0 spiro atoms. The Kier molecular flexibility index (Phi) is 5.74. The van der Waals surface area contributed by atoms with Gasteiger partial charge in [0.1, 0.15) is 10.8 Å². The predicted molar refractivity (Wildman–Crippen MR) is 69.7 cm³/mol. The molecule has 0 radical (unpaired) electrons. The lowest BCUT2D eigenvalue weighted by molar-refractivity contribution is 0.147. The van der Waals surface area contributed by atoms with Crippen LogP contribution in [0.5, 0.6) is 0 Å². The summed E-state index contributed by atoms with van der Waals surface area (Å²) in [6, 6.07) is 5.57. The molecule has 0 aliphatic carbocycles. The van der Waals surface area contributed by atoms with Gasteiger partial charge in [0, 0.05) is 19.8 Å². The molecule has 5 heteroatoms. The smallest absolute Gasteiger partial charge is 0.126 e. The maximum absolute atomic E-state index is 5.50. The van der Waals surface area contributed by atoms with Crippen molar-refractivity contribution in [2.45, 2.75) is 13.3 Å². The van der Waals surface area contributed by atoms with Crippen LogP contribution in [0.1, 0.15) is 19.0 Å². The number of anilines is 1. The first-order valence-corrected chi connectivity index (χ1v) is 5.73. The maximum Gasteiger partial charge on any atom is 0.126 e. The number of hydrogen-bond acceptors (Lipinski definition) is 4. The molecule has 0 aliphatic rings. The minimum absolute atomic E-state index is 0.318. The Balaban J connectivity index is 2.36. The van der Waals surface area contributed by atoms with Crippen LogP contribution >= 0.6 is 12.2 Å². The van der Waals surface area contributed by atoms with Gasteiger partial charge in [-0.25, -0.2) is 4.98 Å². The molecule has 16 heavy (non-hydrogen) atoms. The zero-order chi connectivity index (χ0) is 11.8. The monoisotopic (exact) mass is 239 g/mol. The van der Waals surface area contributed by atoms with Crippen LogP contribution < -0.4 is 11.1 Å². The standard InChI is InChI=1S/C11H17N3OS/c1-2-15-8-4-7-13-10-6-3-5-9(14-10)11(12)16/h3,5-6H,2,4,7-8H2,1H3,(H2,12,16)(H,13,14). The van der Waals surface area contributed by atoms with Gasteiger partial charge in [0.25, 0.3) is 0 Å². The fraction of sp³-hybridized carbons (Fsp3) is 0.455. The van der Waals surface area contributed by atoms with Crippen LogP contribution in [0.15, 0.2) is 18.2 Å². The molecule has 0 unspecified atom stereocenters. The van der Waals surface area contributed by atoms with Gasteiger partial charge < -0.3 is 15.8 Å². The second-order valence-corrected chi connectivity index (χ2v) is 3.69. The summed E-state index contributed by atoms with van der Waals surface area (Å²) in [7, 11) is 0. The molecule has 0 atom stereocenters. The summed E-state index contributed by atoms with van der Waals surface area (Å²) in [6.07, 6.45) is 0.951. The van der Waals surface area contributed by atoms with E-state index >= 15 is 0 Å². The van der Waals surface area contributed by atoms with Gasteiger partial charge >= 0.3 is 0 Å². The summed E-state index contributed by atoms with van der Waals surface area (Å²) in [5.74, 6) is 0.793. The summed E-state index contributed by atoms with van der Waals surface area (Å²) in [5, 5.41) is 3.19. The summed E-state index contributed by atoms with van der Waals surface area (Å²) in [6.45, 7) is 4.34. The van der Waals surface area contributed by atoms with E-state index in [1.807, 2.05) is 19.1 Å². The lowest BCUT2D eigenvalue weighted by Gasteiger charge is -2.06. The molecule has 3 N–H and O–H groups in total. The fourth-order valence-corrected chi connectivity index (χ4v) is 1.32. The Morgan fingerprint density at radius 3 is 3.06 bits per heavy atom. The van der Waals surface area contributed by atoms with Crippen LogP contribution in [-0.2, 0) is 4.74 Å². The Labute approximate surface area is 101 Å². The average Bonchev–Trinajstić information content (AvgIpc) is 2.29. The van der Waals surface area contributed by atoms with E-state index in [0.29, 0.717) is 10.7 Å². The van der Waals surface area contributed by atoms with Gasteiger partial charge in [0.15, 0.2) is 0 Å². The van der Waals surface area contributed by atoms with Crippen molar-refractivity contribution in [3.05, 3.63) is 23.9 Å². The van der Waals surface area contributed by atoms with E-state index in [1.165, 1.54) is 0 Å². The van der Waals surface area contributed by atoms with Crippen molar-refractivity contribution in [2.75, 3.05) is 25.1 Å². The highest BCUT2D eigenvalue weighted by Gasteiger charge is 1.99. The van der Waals surface area contributed by atoms with Gasteiger partial charge in [0.2, 0.25) is 0 Å². The van der Waals surface area contributed by atoms with Gasteiger partial charge in [-0.15, -0.1) is 0 Å². The van der Waals surface area contributed by atoms with Crippen LogP contribution in [-0.4, -0.2) is 29.7 Å². The molecule has 0 bridgehead atoms. The predicted octanol–water partition coefficient (Wildman–Crippen LogP) is 1.55. The van der Waals surface area contributed by atoms with E-state index < -0.39 is 0 Å². The highest BCUT2D eigenvalue weighted by molar-refractivity contribution is 7.80. The lowest BCUT2D eigenvalue weighted by Crippen LogP contribution is -2.13. The molecule has 0 amide bonds. The highest BCUT2D eigenvalue weighted by atomic mass is 32.1. The Morgan fingerprint density at radius 1 is 1.56 bits per heavy atom. The number of pyridine rings is 1. The molecule has 0 aromatic carbocycles. The third-order valence-corrected chi connectivity index (χ3v) is 2.19. The van der Waals surface area contributed by atoms with Crippen molar-refractivity contribution in [3.8, 4) is 0 Å². The summed E-state index contributed by atoms with van der Waals surface area (Å²) >= 11 is 4.86. The quantitative estimate of drug-likeness (QED) is 0.558. The van der Waals surface area contributed by atoms with Gasteiger partial charge in [0.05, 0.1) is 5.69 Å². The normalized spacial score (nSPS) is 10.1. The third-order valence-electron chi connectivity index (χ3n) is 1.98. The first-order chi connectivity index (χ1) is 7.74. The van der Waals surface area contributed by atoms with Crippen molar-refractivity contribution < 1.29 is 4.74 Å². The van der Waals surface area contributed by atoms with Crippen molar-refractivity contribution in [1.29, 1.82) is 0 Å². The third kappa shape index (κ3) is 4.55. The van der Waals surface area contributed by atoms with E-state index in [4.69, 9.17) is 22.7 Å². The average molecular weight is 239 g/mol. The number of hydrogen-bond donors (Lipinski definition) is 2. The molecule has 1 aromatic rings. The van der Waals surface area contributed by atoms with Gasteiger partial charge in [-0.3, -0.25) is 0 Å². The van der Waals surface area contributed by atoms with Crippen molar-refractivity contribution in [2.24, 2.45) is 5.73 Å². The zero-order valence-electron chi connectivity index (χ0n) is 9.40. The Hall–Kier alpha value is -1.20. The van der Waals surface area contributed by atoms with Crippen LogP contribution in [0.25, 0.3) is 0 Å². The minimum Gasteiger partial charge on any atom is -0.388 e. The van der Waals surface area contributed by atoms with E-state index in [0.717, 1.165) is 32.0 Å². The maximum atomic E-state index is 5.50. The number of nitrogens with zero attached hydrogens (tertiary/aromatic N) is 1. The van der Waals surface area contributed by atoms with E-state index in [-0.39, 0.29) is 0 Å². The van der Waals surface area contributed by atoms with E-state index in [9.17, 15) is 0 Å². The number of thiocarbonyl (C=S) groups is 1. The molecule has 1 heterocycles. The lowest BCUT2D eigenvalue weighted by atomic mass is 10.3. The Morgan fingerprint density at radius 2 is 2.38 bits per heavy atom. The molecule has 1 rings (SSSR count). The molecule has 0 saturated carbocycles. The molecule has 0 aliphatic heterocycles. The van der Waals surface area contributed by atoms with Gasteiger partial charge in [-0.05, 0) is 25.5 Å². The van der Waals surface area contributed by atoms with Crippen molar-refractivity contribution in [1.82, 2.24) is 4.98 Å². The Bertz CT molecular complexity index is 344. The van der Waals surface area contributed by atoms with Crippen LogP contribution in [0.2, 0.25) is 0 Å². The highest BCUT2D eigenvalue weighted by Crippen LogP contribution is 2.04. The molecule has 88 valence electrons. The van der Waals surface area contributed by atoms with Crippen LogP contribution in [0.4, 0.5) is 5.82 Å². The summed E-state index contributed by atoms with van der Waals surface area (Å²) in [5.41, 5.74) is 6.14. The number of ether oxygens (including phenoxy) is 1. The number of aromatic nitrogens is 1. The van der Waals surface area contributed by atoms with Gasteiger partial charge in [-0.1, -0.05) is 18.3 Å². The SMILES string of the molecule is CCOCCCNc1cccc(C(N)=S)n1. The first kappa shape index (κ1) is 12.9. The molecule has 0 fully saturated rings. The second-order valence-electron chi connectivity index (χ2n) is 3.25. The molecular weight excluding hydrogens is 222 g/mol. The largest absolute Gasteiger partial charge is 0.388 e. The summed E-state index contributed by atoms with van der Waals surface area (Å²) < 4.78 is 5.23. The van der Waals surface area contributed by atoms with Crippen LogP contribution in [0, 0.1) is 0 Å². The number of nitrogens with one attached hydrogen (secondary N) is 1. The molecular formula is C11H17N3OS. The fourth-order valence-electron chi connectivity index (χ4n) is 1.21. The minimum atomic E-state index is 0.318. The van der Waals surface area contributed by atoms with Crippen molar-refractivity contribution >= 4 is 23.0 Å². The van der Waals surface area contributed by atoms with Gasteiger partial charge in [-0.2, -0.15) is 0 Å².